The summed E-state index contributed by atoms with van der Waals surface area (Å²) >= 11 is 0. The zero-order valence-electron chi connectivity index (χ0n) is 15.2. The lowest BCUT2D eigenvalue weighted by molar-refractivity contribution is -0.118. The van der Waals surface area contributed by atoms with Gasteiger partial charge in [-0.2, -0.15) is 0 Å². The number of amides is 1. The highest BCUT2D eigenvalue weighted by Gasteiger charge is 2.27. The van der Waals surface area contributed by atoms with Crippen molar-refractivity contribution in [1.82, 2.24) is 10.2 Å². The van der Waals surface area contributed by atoms with Crippen LogP contribution in [-0.4, -0.2) is 55.8 Å². The molecule has 3 heterocycles. The van der Waals surface area contributed by atoms with E-state index in [1.54, 1.807) is 6.21 Å². The van der Waals surface area contributed by atoms with Gasteiger partial charge in [0.2, 0.25) is 5.91 Å². The summed E-state index contributed by atoms with van der Waals surface area (Å²) < 4.78 is 5.78. The second kappa shape index (κ2) is 8.04. The lowest BCUT2D eigenvalue weighted by Gasteiger charge is -2.36. The number of hydrogen-bond acceptors (Lipinski definition) is 4. The van der Waals surface area contributed by atoms with Crippen LogP contribution >= 0.6 is 0 Å². The Morgan fingerprint density at radius 3 is 2.88 bits per heavy atom. The Morgan fingerprint density at radius 2 is 2.08 bits per heavy atom. The SMILES string of the molecule is O=C(NC1CCN(CC2CCOc3ccccc32)CC1)C1=CC=NCC1. The number of nitrogens with zero attached hydrogens (tertiary/aromatic N) is 2. The topological polar surface area (TPSA) is 53.9 Å². The van der Waals surface area contributed by atoms with E-state index in [1.807, 2.05) is 12.1 Å². The van der Waals surface area contributed by atoms with E-state index in [-0.39, 0.29) is 5.91 Å². The standard InChI is InChI=1S/C21H27N3O2/c25-21(16-5-10-22-11-6-16)23-18-7-12-24(13-8-18)15-17-9-14-26-20-4-2-1-3-19(17)20/h1-5,10,17-18H,6-9,11-15H2,(H,23,25). The van der Waals surface area contributed by atoms with Gasteiger partial charge >= 0.3 is 0 Å². The molecule has 1 fully saturated rings. The molecule has 4 rings (SSSR count). The van der Waals surface area contributed by atoms with Gasteiger partial charge in [-0.1, -0.05) is 18.2 Å². The summed E-state index contributed by atoms with van der Waals surface area (Å²) in [7, 11) is 0. The van der Waals surface area contributed by atoms with Crippen LogP contribution in [0.15, 0.2) is 40.9 Å². The largest absolute Gasteiger partial charge is 0.493 e. The number of aliphatic imine (C=N–C) groups is 1. The number of likely N-dealkylation sites (tertiary alicyclic amines) is 1. The zero-order valence-corrected chi connectivity index (χ0v) is 15.2. The molecule has 5 nitrogen and oxygen atoms in total. The van der Waals surface area contributed by atoms with Gasteiger partial charge in [0.15, 0.2) is 0 Å². The molecule has 1 aromatic rings. The molecule has 0 aliphatic carbocycles. The van der Waals surface area contributed by atoms with Crippen molar-refractivity contribution >= 4 is 12.1 Å². The van der Waals surface area contributed by atoms with E-state index in [0.29, 0.717) is 12.0 Å². The number of dihydropyridines is 1. The molecule has 1 unspecified atom stereocenters. The molecule has 3 aliphatic rings. The van der Waals surface area contributed by atoms with Crippen molar-refractivity contribution in [2.24, 2.45) is 4.99 Å². The van der Waals surface area contributed by atoms with Gasteiger partial charge in [0.25, 0.3) is 0 Å². The number of nitrogens with one attached hydrogen (secondary N) is 1. The van der Waals surface area contributed by atoms with E-state index in [9.17, 15) is 4.79 Å². The molecular weight excluding hydrogens is 326 g/mol. The number of carbonyl (C=O) groups excluding carboxylic acids is 1. The van der Waals surface area contributed by atoms with Crippen LogP contribution in [-0.2, 0) is 4.79 Å². The summed E-state index contributed by atoms with van der Waals surface area (Å²) in [6.07, 6.45) is 7.48. The van der Waals surface area contributed by atoms with Crippen molar-refractivity contribution in [2.75, 3.05) is 32.8 Å². The van der Waals surface area contributed by atoms with Crippen molar-refractivity contribution < 1.29 is 9.53 Å². The van der Waals surface area contributed by atoms with Crippen LogP contribution < -0.4 is 10.1 Å². The lowest BCUT2D eigenvalue weighted by atomic mass is 9.91. The number of benzene rings is 1. The summed E-state index contributed by atoms with van der Waals surface area (Å²) in [5.74, 6) is 1.70. The second-order valence-electron chi connectivity index (χ2n) is 7.42. The van der Waals surface area contributed by atoms with Crippen molar-refractivity contribution in [2.45, 2.75) is 37.6 Å². The fourth-order valence-electron chi connectivity index (χ4n) is 4.13. The molecule has 3 aliphatic heterocycles. The lowest BCUT2D eigenvalue weighted by Crippen LogP contribution is -2.46. The van der Waals surface area contributed by atoms with Crippen molar-refractivity contribution in [1.29, 1.82) is 0 Å². The summed E-state index contributed by atoms with van der Waals surface area (Å²) in [5.41, 5.74) is 2.21. The fraction of sp³-hybridized carbons (Fsp3) is 0.524. The van der Waals surface area contributed by atoms with Gasteiger partial charge in [0, 0.05) is 49.9 Å². The Hall–Kier alpha value is -2.14. The minimum absolute atomic E-state index is 0.0907. The molecule has 1 N–H and O–H groups in total. The Morgan fingerprint density at radius 1 is 1.23 bits per heavy atom. The minimum Gasteiger partial charge on any atom is -0.493 e. The molecule has 0 bridgehead atoms. The first kappa shape index (κ1) is 17.3. The number of carbonyl (C=O) groups is 1. The van der Waals surface area contributed by atoms with E-state index in [2.05, 4.69) is 33.4 Å². The number of rotatable bonds is 4. The predicted molar refractivity (Wildman–Crippen MR) is 103 cm³/mol. The smallest absolute Gasteiger partial charge is 0.247 e. The normalized spacial score (nSPS) is 23.7. The zero-order chi connectivity index (χ0) is 17.8. The van der Waals surface area contributed by atoms with Crippen LogP contribution in [0.4, 0.5) is 0 Å². The highest BCUT2D eigenvalue weighted by atomic mass is 16.5. The molecule has 0 spiro atoms. The Kier molecular flexibility index (Phi) is 5.34. The maximum Gasteiger partial charge on any atom is 0.247 e. The van der Waals surface area contributed by atoms with E-state index >= 15 is 0 Å². The van der Waals surface area contributed by atoms with Gasteiger partial charge < -0.3 is 15.0 Å². The molecule has 1 amide bonds. The second-order valence-corrected chi connectivity index (χ2v) is 7.42. The highest BCUT2D eigenvalue weighted by Crippen LogP contribution is 2.34. The van der Waals surface area contributed by atoms with Gasteiger partial charge in [-0.25, -0.2) is 0 Å². The van der Waals surface area contributed by atoms with Crippen LogP contribution in [0.2, 0.25) is 0 Å². The monoisotopic (exact) mass is 353 g/mol. The molecule has 0 radical (unpaired) electrons. The van der Waals surface area contributed by atoms with E-state index in [4.69, 9.17) is 4.74 Å². The molecule has 1 aromatic carbocycles. The Labute approximate surface area is 155 Å². The average molecular weight is 353 g/mol. The van der Waals surface area contributed by atoms with Crippen LogP contribution in [0.25, 0.3) is 0 Å². The summed E-state index contributed by atoms with van der Waals surface area (Å²) in [6, 6.07) is 8.72. The average Bonchev–Trinajstić information content (AvgIpc) is 2.70. The van der Waals surface area contributed by atoms with Crippen LogP contribution in [0.3, 0.4) is 0 Å². The molecule has 26 heavy (non-hydrogen) atoms. The van der Waals surface area contributed by atoms with E-state index in [1.165, 1.54) is 5.56 Å². The van der Waals surface area contributed by atoms with Crippen molar-refractivity contribution in [3.05, 3.63) is 41.5 Å². The summed E-state index contributed by atoms with van der Waals surface area (Å²) in [6.45, 7) is 4.72. The molecule has 1 saturated heterocycles. The molecule has 1 atom stereocenters. The summed E-state index contributed by atoms with van der Waals surface area (Å²) in [5, 5.41) is 3.21. The molecule has 138 valence electrons. The maximum absolute atomic E-state index is 12.3. The van der Waals surface area contributed by atoms with Crippen LogP contribution in [0.5, 0.6) is 5.75 Å². The third-order valence-electron chi connectivity index (χ3n) is 5.67. The molecule has 0 saturated carbocycles. The minimum atomic E-state index is 0.0907. The number of allylic oxidation sites excluding steroid dienone is 1. The number of ether oxygens (including phenoxy) is 1. The first-order chi connectivity index (χ1) is 12.8. The van der Waals surface area contributed by atoms with Gasteiger partial charge in [0.1, 0.15) is 5.75 Å². The fourth-order valence-corrected chi connectivity index (χ4v) is 4.13. The van der Waals surface area contributed by atoms with Gasteiger partial charge in [-0.05, 0) is 43.4 Å². The number of fused-ring (bicyclic) bond motifs is 1. The van der Waals surface area contributed by atoms with Crippen LogP contribution in [0, 0.1) is 0 Å². The number of hydrogen-bond donors (Lipinski definition) is 1. The third kappa shape index (κ3) is 3.98. The highest BCUT2D eigenvalue weighted by molar-refractivity contribution is 5.98. The molecule has 0 aromatic heterocycles. The first-order valence-electron chi connectivity index (χ1n) is 9.73. The predicted octanol–water partition coefficient (Wildman–Crippen LogP) is 2.53. The van der Waals surface area contributed by atoms with E-state index < -0.39 is 0 Å². The Bertz CT molecular complexity index is 705. The van der Waals surface area contributed by atoms with Gasteiger partial charge in [-0.3, -0.25) is 9.79 Å². The number of piperidine rings is 1. The molecule has 5 heteroatoms. The maximum atomic E-state index is 12.3. The van der Waals surface area contributed by atoms with Gasteiger partial charge in [0.05, 0.1) is 6.61 Å². The third-order valence-corrected chi connectivity index (χ3v) is 5.67. The van der Waals surface area contributed by atoms with Crippen molar-refractivity contribution in [3.8, 4) is 5.75 Å². The molecular formula is C21H27N3O2. The van der Waals surface area contributed by atoms with Gasteiger partial charge in [-0.15, -0.1) is 0 Å². The van der Waals surface area contributed by atoms with Crippen molar-refractivity contribution in [3.63, 3.8) is 0 Å². The number of para-hydroxylation sites is 1. The first-order valence-corrected chi connectivity index (χ1v) is 9.73. The Balaban J connectivity index is 1.27. The van der Waals surface area contributed by atoms with Crippen LogP contribution in [0.1, 0.15) is 37.2 Å². The van der Waals surface area contributed by atoms with E-state index in [0.717, 1.165) is 69.8 Å². The summed E-state index contributed by atoms with van der Waals surface area (Å²) in [4.78, 5) is 19.0. The quantitative estimate of drug-likeness (QED) is 0.905.